The average molecular weight is 314 g/mol. The van der Waals surface area contributed by atoms with E-state index in [1.807, 2.05) is 43.3 Å². The maximum Gasteiger partial charge on any atom is 0.119 e. The van der Waals surface area contributed by atoms with E-state index in [0.717, 1.165) is 18.0 Å². The summed E-state index contributed by atoms with van der Waals surface area (Å²) in [6, 6.07) is 16.3. The lowest BCUT2D eigenvalue weighted by atomic mass is 10.1. The Morgan fingerprint density at radius 3 is 2.52 bits per heavy atom. The van der Waals surface area contributed by atoms with Crippen molar-refractivity contribution in [3.8, 4) is 5.75 Å². The highest BCUT2D eigenvalue weighted by Gasteiger charge is 2.06. The van der Waals surface area contributed by atoms with Crippen LogP contribution in [0, 0.1) is 6.92 Å². The zero-order valence-corrected chi connectivity index (χ0v) is 14.1. The Hall–Kier alpha value is -2.04. The second kappa shape index (κ2) is 8.56. The third-order valence-electron chi connectivity index (χ3n) is 3.45. The number of anilines is 1. The molecule has 1 unspecified atom stereocenters. The molecule has 0 heterocycles. The van der Waals surface area contributed by atoms with Crippen LogP contribution in [0.25, 0.3) is 0 Å². The van der Waals surface area contributed by atoms with Crippen LogP contribution in [-0.2, 0) is 6.54 Å². The van der Waals surface area contributed by atoms with Gasteiger partial charge in [0.25, 0.3) is 0 Å². The molecule has 0 bridgehead atoms. The molecule has 2 rings (SSSR count). The van der Waals surface area contributed by atoms with Crippen LogP contribution in [0.1, 0.15) is 11.1 Å². The van der Waals surface area contributed by atoms with Gasteiger partial charge in [0, 0.05) is 18.8 Å². The van der Waals surface area contributed by atoms with Crippen molar-refractivity contribution in [1.82, 2.24) is 4.90 Å². The van der Waals surface area contributed by atoms with Crippen molar-refractivity contribution in [2.45, 2.75) is 19.6 Å². The number of aryl methyl sites for hydroxylation is 1. The molecular weight excluding hydrogens is 288 g/mol. The Labute approximate surface area is 138 Å². The Balaban J connectivity index is 1.80. The molecule has 2 aromatic carbocycles. The number of likely N-dealkylation sites (N-methyl/N-ethyl adjacent to an activating group) is 1. The van der Waals surface area contributed by atoms with E-state index in [-0.39, 0.29) is 0 Å². The average Bonchev–Trinajstić information content (AvgIpc) is 2.51. The summed E-state index contributed by atoms with van der Waals surface area (Å²) in [6.45, 7) is 3.79. The van der Waals surface area contributed by atoms with Crippen molar-refractivity contribution in [2.75, 3.05) is 32.6 Å². The highest BCUT2D eigenvalue weighted by Crippen LogP contribution is 2.17. The maximum absolute atomic E-state index is 9.79. The van der Waals surface area contributed by atoms with E-state index in [9.17, 15) is 5.11 Å². The summed E-state index contributed by atoms with van der Waals surface area (Å²) in [5, 5.41) is 13.2. The molecule has 0 spiro atoms. The minimum atomic E-state index is -0.482. The molecule has 0 aromatic heterocycles. The molecule has 0 saturated carbocycles. The first-order valence-electron chi connectivity index (χ1n) is 7.88. The van der Waals surface area contributed by atoms with Gasteiger partial charge in [0.05, 0.1) is 0 Å². The second-order valence-electron chi connectivity index (χ2n) is 6.09. The van der Waals surface area contributed by atoms with Crippen molar-refractivity contribution in [3.05, 3.63) is 59.7 Å². The number of ether oxygens (including phenoxy) is 1. The quantitative estimate of drug-likeness (QED) is 0.786. The first-order chi connectivity index (χ1) is 11.0. The van der Waals surface area contributed by atoms with Gasteiger partial charge in [-0.25, -0.2) is 0 Å². The zero-order valence-electron chi connectivity index (χ0n) is 14.1. The second-order valence-corrected chi connectivity index (χ2v) is 6.09. The lowest BCUT2D eigenvalue weighted by Gasteiger charge is -2.16. The van der Waals surface area contributed by atoms with Crippen LogP contribution in [0.3, 0.4) is 0 Å². The SMILES string of the molecule is Cc1cccc(CNc2ccc(OCC(O)CN(C)C)cc2)c1. The smallest absolute Gasteiger partial charge is 0.119 e. The van der Waals surface area contributed by atoms with Gasteiger partial charge in [-0.1, -0.05) is 29.8 Å². The van der Waals surface area contributed by atoms with Gasteiger partial charge in [-0.3, -0.25) is 0 Å². The molecule has 0 aliphatic carbocycles. The molecule has 23 heavy (non-hydrogen) atoms. The third-order valence-corrected chi connectivity index (χ3v) is 3.45. The van der Waals surface area contributed by atoms with E-state index in [1.165, 1.54) is 11.1 Å². The van der Waals surface area contributed by atoms with Gasteiger partial charge in [-0.05, 0) is 50.8 Å². The van der Waals surface area contributed by atoms with Gasteiger partial charge in [0.1, 0.15) is 18.5 Å². The lowest BCUT2D eigenvalue weighted by Crippen LogP contribution is -2.30. The molecule has 4 heteroatoms. The van der Waals surface area contributed by atoms with E-state index >= 15 is 0 Å². The predicted molar refractivity (Wildman–Crippen MR) is 95.0 cm³/mol. The van der Waals surface area contributed by atoms with Gasteiger partial charge in [0.2, 0.25) is 0 Å². The van der Waals surface area contributed by atoms with Gasteiger partial charge >= 0.3 is 0 Å². The Bertz CT molecular complexity index is 597. The van der Waals surface area contributed by atoms with Crippen LogP contribution in [0.4, 0.5) is 5.69 Å². The van der Waals surface area contributed by atoms with Gasteiger partial charge in [-0.15, -0.1) is 0 Å². The number of aliphatic hydroxyl groups excluding tert-OH is 1. The van der Waals surface area contributed by atoms with Gasteiger partial charge in [-0.2, -0.15) is 0 Å². The molecule has 0 saturated heterocycles. The molecule has 4 nitrogen and oxygen atoms in total. The normalized spacial score (nSPS) is 12.2. The van der Waals surface area contributed by atoms with Crippen molar-refractivity contribution in [2.24, 2.45) is 0 Å². The summed E-state index contributed by atoms with van der Waals surface area (Å²) in [4.78, 5) is 1.94. The molecule has 2 aromatic rings. The van der Waals surface area contributed by atoms with Crippen molar-refractivity contribution in [1.29, 1.82) is 0 Å². The monoisotopic (exact) mass is 314 g/mol. The summed E-state index contributed by atoms with van der Waals surface area (Å²) in [6.07, 6.45) is -0.482. The van der Waals surface area contributed by atoms with Crippen LogP contribution in [-0.4, -0.2) is 43.4 Å². The van der Waals surface area contributed by atoms with Crippen molar-refractivity contribution < 1.29 is 9.84 Å². The Morgan fingerprint density at radius 1 is 1.13 bits per heavy atom. The minimum Gasteiger partial charge on any atom is -0.491 e. The van der Waals surface area contributed by atoms with Crippen LogP contribution in [0.2, 0.25) is 0 Å². The lowest BCUT2D eigenvalue weighted by molar-refractivity contribution is 0.0831. The predicted octanol–water partition coefficient (Wildman–Crippen LogP) is 2.91. The third kappa shape index (κ3) is 6.30. The minimum absolute atomic E-state index is 0.300. The van der Waals surface area contributed by atoms with Crippen molar-refractivity contribution >= 4 is 5.69 Å². The molecule has 0 aliphatic rings. The molecule has 1 atom stereocenters. The Morgan fingerprint density at radius 2 is 1.87 bits per heavy atom. The summed E-state index contributed by atoms with van der Waals surface area (Å²) in [5.41, 5.74) is 3.58. The molecule has 0 amide bonds. The number of aliphatic hydroxyl groups is 1. The Kier molecular flexibility index (Phi) is 6.44. The fraction of sp³-hybridized carbons (Fsp3) is 0.368. The molecule has 0 aliphatic heterocycles. The van der Waals surface area contributed by atoms with Crippen LogP contribution >= 0.6 is 0 Å². The van der Waals surface area contributed by atoms with Crippen molar-refractivity contribution in [3.63, 3.8) is 0 Å². The number of benzene rings is 2. The summed E-state index contributed by atoms with van der Waals surface area (Å²) >= 11 is 0. The molecule has 0 fully saturated rings. The first-order valence-corrected chi connectivity index (χ1v) is 7.88. The maximum atomic E-state index is 9.79. The van der Waals surface area contributed by atoms with E-state index in [2.05, 4.69) is 36.5 Å². The van der Waals surface area contributed by atoms with E-state index in [4.69, 9.17) is 4.74 Å². The highest BCUT2D eigenvalue weighted by atomic mass is 16.5. The van der Waals surface area contributed by atoms with Crippen LogP contribution in [0.15, 0.2) is 48.5 Å². The summed E-state index contributed by atoms with van der Waals surface area (Å²) in [5.74, 6) is 0.768. The summed E-state index contributed by atoms with van der Waals surface area (Å²) < 4.78 is 5.60. The molecule has 0 radical (unpaired) electrons. The molecular formula is C19H26N2O2. The largest absolute Gasteiger partial charge is 0.491 e. The highest BCUT2D eigenvalue weighted by molar-refractivity contribution is 5.46. The molecule has 124 valence electrons. The van der Waals surface area contributed by atoms with Gasteiger partial charge < -0.3 is 20.1 Å². The molecule has 2 N–H and O–H groups in total. The number of rotatable bonds is 8. The van der Waals surface area contributed by atoms with E-state index in [1.54, 1.807) is 0 Å². The van der Waals surface area contributed by atoms with Gasteiger partial charge in [0.15, 0.2) is 0 Å². The number of hydrogen-bond acceptors (Lipinski definition) is 4. The standard InChI is InChI=1S/C19H26N2O2/c1-15-5-4-6-16(11-15)12-20-17-7-9-19(10-8-17)23-14-18(22)13-21(2)3/h4-11,18,20,22H,12-14H2,1-3H3. The number of nitrogens with one attached hydrogen (secondary N) is 1. The van der Waals surface area contributed by atoms with E-state index in [0.29, 0.717) is 13.2 Å². The fourth-order valence-corrected chi connectivity index (χ4v) is 2.36. The first kappa shape index (κ1) is 17.3. The van der Waals surface area contributed by atoms with Crippen LogP contribution < -0.4 is 10.1 Å². The van der Waals surface area contributed by atoms with E-state index < -0.39 is 6.10 Å². The topological polar surface area (TPSA) is 44.7 Å². The van der Waals surface area contributed by atoms with Crippen LogP contribution in [0.5, 0.6) is 5.75 Å². The zero-order chi connectivity index (χ0) is 16.7. The number of nitrogens with zero attached hydrogens (tertiary/aromatic N) is 1. The fourth-order valence-electron chi connectivity index (χ4n) is 2.36. The number of hydrogen-bond donors (Lipinski definition) is 2. The summed E-state index contributed by atoms with van der Waals surface area (Å²) in [7, 11) is 3.86.